The van der Waals surface area contributed by atoms with Gasteiger partial charge in [0.15, 0.2) is 12.0 Å². The van der Waals surface area contributed by atoms with Crippen LogP contribution in [0.4, 0.5) is 0 Å². The summed E-state index contributed by atoms with van der Waals surface area (Å²) in [7, 11) is 0. The first-order valence-corrected chi connectivity index (χ1v) is 5.06. The van der Waals surface area contributed by atoms with Gasteiger partial charge in [0.2, 0.25) is 0 Å². The fraction of sp³-hybridized carbons (Fsp3) is 0.0714. The summed E-state index contributed by atoms with van der Waals surface area (Å²) in [4.78, 5) is 10.6. The molecule has 3 nitrogen and oxygen atoms in total. The molecule has 17 heavy (non-hydrogen) atoms. The summed E-state index contributed by atoms with van der Waals surface area (Å²) in [6, 6.07) is 10.7. The normalized spacial score (nSPS) is 9.59. The van der Waals surface area contributed by atoms with Gasteiger partial charge in [0.05, 0.1) is 5.56 Å². The number of para-hydroxylation sites is 1. The molecule has 0 bridgehead atoms. The summed E-state index contributed by atoms with van der Waals surface area (Å²) in [5.41, 5.74) is 0.774. The van der Waals surface area contributed by atoms with E-state index in [0.717, 1.165) is 5.56 Å². The summed E-state index contributed by atoms with van der Waals surface area (Å²) >= 11 is 0. The number of furan rings is 1. The predicted octanol–water partition coefficient (Wildman–Crippen LogP) is 2.77. The Hall–Kier alpha value is -2.47. The van der Waals surface area contributed by atoms with Gasteiger partial charge in [-0.1, -0.05) is 18.1 Å². The number of carbonyl (C=O) groups excluding carboxylic acids is 1. The molecule has 1 heterocycles. The highest BCUT2D eigenvalue weighted by Crippen LogP contribution is 2.30. The van der Waals surface area contributed by atoms with Crippen molar-refractivity contribution in [1.29, 1.82) is 0 Å². The fourth-order valence-corrected chi connectivity index (χ4v) is 1.48. The molecular weight excluding hydrogens is 216 g/mol. The molecule has 3 heteroatoms. The number of ether oxygens (including phenoxy) is 1. The Kier molecular flexibility index (Phi) is 3.27. The van der Waals surface area contributed by atoms with Crippen molar-refractivity contribution in [2.75, 3.05) is 6.61 Å². The molecule has 0 aliphatic rings. The van der Waals surface area contributed by atoms with Crippen LogP contribution in [0.5, 0.6) is 5.75 Å². The molecule has 0 aliphatic heterocycles. The van der Waals surface area contributed by atoms with E-state index in [4.69, 9.17) is 15.6 Å². The minimum Gasteiger partial charge on any atom is -0.480 e. The van der Waals surface area contributed by atoms with Crippen LogP contribution in [-0.2, 0) is 0 Å². The third-order valence-electron chi connectivity index (χ3n) is 2.21. The molecule has 2 rings (SSSR count). The standard InChI is InChI=1S/C14H10O3/c1-2-9-16-13-6-4-3-5-12(13)14-8-7-11(10-15)17-14/h1,3-8,10H,9H2. The third kappa shape index (κ3) is 2.37. The van der Waals surface area contributed by atoms with Crippen molar-refractivity contribution in [1.82, 2.24) is 0 Å². The van der Waals surface area contributed by atoms with Crippen LogP contribution in [-0.4, -0.2) is 12.9 Å². The monoisotopic (exact) mass is 226 g/mol. The van der Waals surface area contributed by atoms with Crippen LogP contribution in [0.1, 0.15) is 10.6 Å². The molecule has 0 spiro atoms. The number of carbonyl (C=O) groups is 1. The highest BCUT2D eigenvalue weighted by atomic mass is 16.5. The topological polar surface area (TPSA) is 39.4 Å². The van der Waals surface area contributed by atoms with Crippen molar-refractivity contribution in [3.8, 4) is 29.4 Å². The van der Waals surface area contributed by atoms with Crippen LogP contribution < -0.4 is 4.74 Å². The van der Waals surface area contributed by atoms with E-state index in [2.05, 4.69) is 5.92 Å². The van der Waals surface area contributed by atoms with E-state index in [0.29, 0.717) is 17.8 Å². The van der Waals surface area contributed by atoms with E-state index in [1.807, 2.05) is 18.2 Å². The highest BCUT2D eigenvalue weighted by Gasteiger charge is 2.09. The summed E-state index contributed by atoms with van der Waals surface area (Å²) < 4.78 is 10.7. The van der Waals surface area contributed by atoms with Gasteiger partial charge in [0.25, 0.3) is 0 Å². The second kappa shape index (κ2) is 5.04. The zero-order valence-electron chi connectivity index (χ0n) is 9.05. The Labute approximate surface area is 99.0 Å². The van der Waals surface area contributed by atoms with Gasteiger partial charge in [-0.05, 0) is 24.3 Å². The minimum absolute atomic E-state index is 0.193. The average molecular weight is 226 g/mol. The molecule has 2 aromatic rings. The Morgan fingerprint density at radius 3 is 2.82 bits per heavy atom. The predicted molar refractivity (Wildman–Crippen MR) is 63.9 cm³/mol. The Bertz CT molecular complexity index is 561. The van der Waals surface area contributed by atoms with E-state index >= 15 is 0 Å². The quantitative estimate of drug-likeness (QED) is 0.594. The van der Waals surface area contributed by atoms with Crippen LogP contribution in [0, 0.1) is 12.3 Å². The van der Waals surface area contributed by atoms with Crippen LogP contribution in [0.15, 0.2) is 40.8 Å². The second-order valence-electron chi connectivity index (χ2n) is 3.31. The molecule has 0 atom stereocenters. The van der Waals surface area contributed by atoms with Crippen molar-refractivity contribution in [2.24, 2.45) is 0 Å². The summed E-state index contributed by atoms with van der Waals surface area (Å²) in [5, 5.41) is 0. The first kappa shape index (κ1) is 11.0. The highest BCUT2D eigenvalue weighted by molar-refractivity contribution is 5.74. The SMILES string of the molecule is C#CCOc1ccccc1-c1ccc(C=O)o1. The first-order chi connectivity index (χ1) is 8.35. The smallest absolute Gasteiger partial charge is 0.185 e. The first-order valence-electron chi connectivity index (χ1n) is 5.06. The number of hydrogen-bond acceptors (Lipinski definition) is 3. The lowest BCUT2D eigenvalue weighted by atomic mass is 10.1. The van der Waals surface area contributed by atoms with Crippen molar-refractivity contribution in [3.05, 3.63) is 42.2 Å². The van der Waals surface area contributed by atoms with E-state index in [-0.39, 0.29) is 12.4 Å². The number of aldehydes is 1. The Morgan fingerprint density at radius 1 is 1.29 bits per heavy atom. The molecule has 0 aliphatic carbocycles. The van der Waals surface area contributed by atoms with Crippen LogP contribution in [0.3, 0.4) is 0 Å². The number of hydrogen-bond donors (Lipinski definition) is 0. The van der Waals surface area contributed by atoms with Gasteiger partial charge in [-0.3, -0.25) is 4.79 Å². The maximum atomic E-state index is 10.6. The number of rotatable bonds is 4. The molecule has 1 aromatic carbocycles. The van der Waals surface area contributed by atoms with Crippen LogP contribution in [0.25, 0.3) is 11.3 Å². The lowest BCUT2D eigenvalue weighted by Crippen LogP contribution is -1.94. The van der Waals surface area contributed by atoms with Crippen molar-refractivity contribution in [3.63, 3.8) is 0 Å². The van der Waals surface area contributed by atoms with Gasteiger partial charge in [-0.15, -0.1) is 6.42 Å². The van der Waals surface area contributed by atoms with Gasteiger partial charge in [-0.2, -0.15) is 0 Å². The fourth-order valence-electron chi connectivity index (χ4n) is 1.48. The number of benzene rings is 1. The Morgan fingerprint density at radius 2 is 2.12 bits per heavy atom. The van der Waals surface area contributed by atoms with Gasteiger partial charge in [0, 0.05) is 0 Å². The Balaban J connectivity index is 2.37. The third-order valence-corrected chi connectivity index (χ3v) is 2.21. The van der Waals surface area contributed by atoms with E-state index in [9.17, 15) is 4.79 Å². The minimum atomic E-state index is 0.193. The van der Waals surface area contributed by atoms with Crippen molar-refractivity contribution in [2.45, 2.75) is 0 Å². The maximum absolute atomic E-state index is 10.6. The summed E-state index contributed by atoms with van der Waals surface area (Å²) in [5.74, 6) is 3.91. The molecular formula is C14H10O3. The molecule has 0 saturated carbocycles. The van der Waals surface area contributed by atoms with E-state index in [1.54, 1.807) is 18.2 Å². The van der Waals surface area contributed by atoms with Gasteiger partial charge >= 0.3 is 0 Å². The zero-order valence-corrected chi connectivity index (χ0v) is 9.05. The molecule has 1 aromatic heterocycles. The van der Waals surface area contributed by atoms with Crippen LogP contribution in [0.2, 0.25) is 0 Å². The molecule has 0 saturated heterocycles. The number of terminal acetylenes is 1. The summed E-state index contributed by atoms with van der Waals surface area (Å²) in [6.07, 6.45) is 5.81. The molecule has 0 fully saturated rings. The van der Waals surface area contributed by atoms with Crippen LogP contribution >= 0.6 is 0 Å². The van der Waals surface area contributed by atoms with E-state index in [1.165, 1.54) is 0 Å². The largest absolute Gasteiger partial charge is 0.480 e. The molecule has 0 amide bonds. The lowest BCUT2D eigenvalue weighted by molar-refractivity contribution is 0.110. The molecule has 84 valence electrons. The van der Waals surface area contributed by atoms with Gasteiger partial charge < -0.3 is 9.15 Å². The van der Waals surface area contributed by atoms with Gasteiger partial charge in [0.1, 0.15) is 18.1 Å². The lowest BCUT2D eigenvalue weighted by Gasteiger charge is -2.06. The maximum Gasteiger partial charge on any atom is 0.185 e. The van der Waals surface area contributed by atoms with E-state index < -0.39 is 0 Å². The summed E-state index contributed by atoms with van der Waals surface area (Å²) in [6.45, 7) is 0.193. The van der Waals surface area contributed by atoms with Gasteiger partial charge in [-0.25, -0.2) is 0 Å². The molecule has 0 unspecified atom stereocenters. The molecule has 0 radical (unpaired) electrons. The second-order valence-corrected chi connectivity index (χ2v) is 3.31. The van der Waals surface area contributed by atoms with Crippen molar-refractivity contribution >= 4 is 6.29 Å². The van der Waals surface area contributed by atoms with Crippen molar-refractivity contribution < 1.29 is 13.9 Å². The zero-order chi connectivity index (χ0) is 12.1. The average Bonchev–Trinajstić information content (AvgIpc) is 2.85. The molecule has 0 N–H and O–H groups in total.